The quantitative estimate of drug-likeness (QED) is 0.348. The van der Waals surface area contributed by atoms with Crippen molar-refractivity contribution in [2.45, 2.75) is 77.6 Å². The summed E-state index contributed by atoms with van der Waals surface area (Å²) in [5.74, 6) is -0.224. The summed E-state index contributed by atoms with van der Waals surface area (Å²) in [6, 6.07) is 0. The van der Waals surface area contributed by atoms with Crippen LogP contribution in [0.15, 0.2) is 11.6 Å². The Kier molecular flexibility index (Phi) is 8.34. The van der Waals surface area contributed by atoms with Crippen molar-refractivity contribution in [1.82, 2.24) is 5.32 Å². The SMILES string of the molecule is CCOC(=O)c1c(NC(=S)NCCC2=CCCCC2)sc2c1CCCCCC2. The standard InChI is InChI=1S/C22H32N2O2S2/c1-2-26-21(25)19-17-12-8-3-4-9-13-18(17)28-20(19)24-22(27)23-15-14-16-10-6-5-7-11-16/h10H,2-9,11-15H2,1H3,(H2,23,24,27). The number of anilines is 1. The van der Waals surface area contributed by atoms with Crippen molar-refractivity contribution in [3.63, 3.8) is 0 Å². The Hall–Kier alpha value is -1.40. The maximum Gasteiger partial charge on any atom is 0.341 e. The average molecular weight is 421 g/mol. The van der Waals surface area contributed by atoms with E-state index in [9.17, 15) is 4.79 Å². The van der Waals surface area contributed by atoms with Gasteiger partial charge in [0.05, 0.1) is 12.2 Å². The molecule has 0 unspecified atom stereocenters. The lowest BCUT2D eigenvalue weighted by atomic mass is 9.96. The number of thiocarbonyl (C=S) groups is 1. The molecule has 154 valence electrons. The zero-order valence-corrected chi connectivity index (χ0v) is 18.5. The Labute approximate surface area is 178 Å². The maximum absolute atomic E-state index is 12.7. The van der Waals surface area contributed by atoms with Crippen LogP contribution < -0.4 is 10.6 Å². The third-order valence-corrected chi connectivity index (χ3v) is 6.95. The highest BCUT2D eigenvalue weighted by molar-refractivity contribution is 7.80. The molecule has 3 rings (SSSR count). The molecule has 2 N–H and O–H groups in total. The maximum atomic E-state index is 12.7. The minimum atomic E-state index is -0.224. The second-order valence-corrected chi connectivity index (χ2v) is 9.10. The van der Waals surface area contributed by atoms with Crippen LogP contribution in [-0.4, -0.2) is 24.2 Å². The summed E-state index contributed by atoms with van der Waals surface area (Å²) in [6.07, 6.45) is 15.3. The molecule has 2 aliphatic carbocycles. The number of allylic oxidation sites excluding steroid dienone is 1. The van der Waals surface area contributed by atoms with Crippen LogP contribution in [0.4, 0.5) is 5.00 Å². The van der Waals surface area contributed by atoms with E-state index in [1.165, 1.54) is 61.0 Å². The molecule has 6 heteroatoms. The number of esters is 1. The molecule has 28 heavy (non-hydrogen) atoms. The number of fused-ring (bicyclic) bond motifs is 1. The monoisotopic (exact) mass is 420 g/mol. The van der Waals surface area contributed by atoms with Gasteiger partial charge in [0, 0.05) is 11.4 Å². The molecular formula is C22H32N2O2S2. The zero-order valence-electron chi connectivity index (χ0n) is 16.9. The van der Waals surface area contributed by atoms with E-state index in [0.29, 0.717) is 17.3 Å². The Morgan fingerprint density at radius 1 is 1.14 bits per heavy atom. The highest BCUT2D eigenvalue weighted by atomic mass is 32.1. The van der Waals surface area contributed by atoms with Crippen molar-refractivity contribution in [3.8, 4) is 0 Å². The first-order chi connectivity index (χ1) is 13.7. The molecule has 4 nitrogen and oxygen atoms in total. The minimum Gasteiger partial charge on any atom is -0.462 e. The Morgan fingerprint density at radius 3 is 2.68 bits per heavy atom. The first kappa shape index (κ1) is 21.3. The molecule has 0 saturated carbocycles. The summed E-state index contributed by atoms with van der Waals surface area (Å²) in [4.78, 5) is 14.0. The van der Waals surface area contributed by atoms with Crippen molar-refractivity contribution >= 4 is 39.6 Å². The number of hydrogen-bond acceptors (Lipinski definition) is 4. The van der Waals surface area contributed by atoms with Crippen molar-refractivity contribution in [2.24, 2.45) is 0 Å². The van der Waals surface area contributed by atoms with E-state index in [0.717, 1.165) is 37.2 Å². The Bertz CT molecular complexity index is 724. The van der Waals surface area contributed by atoms with Crippen molar-refractivity contribution in [3.05, 3.63) is 27.7 Å². The van der Waals surface area contributed by atoms with Gasteiger partial charge in [0.15, 0.2) is 5.11 Å². The summed E-state index contributed by atoms with van der Waals surface area (Å²) in [5.41, 5.74) is 3.43. The molecule has 0 fully saturated rings. The molecule has 0 aromatic carbocycles. The lowest BCUT2D eigenvalue weighted by molar-refractivity contribution is 0.0526. The van der Waals surface area contributed by atoms with Crippen molar-refractivity contribution in [2.75, 3.05) is 18.5 Å². The molecule has 0 spiro atoms. The minimum absolute atomic E-state index is 0.224. The molecule has 1 aromatic rings. The topological polar surface area (TPSA) is 50.4 Å². The van der Waals surface area contributed by atoms with Gasteiger partial charge >= 0.3 is 5.97 Å². The second kappa shape index (κ2) is 11.0. The normalized spacial score (nSPS) is 17.0. The van der Waals surface area contributed by atoms with E-state index in [-0.39, 0.29) is 5.97 Å². The van der Waals surface area contributed by atoms with Crippen LogP contribution in [0, 0.1) is 0 Å². The van der Waals surface area contributed by atoms with Gasteiger partial charge in [-0.1, -0.05) is 24.5 Å². The molecule has 0 saturated heterocycles. The number of aryl methyl sites for hydroxylation is 1. The summed E-state index contributed by atoms with van der Waals surface area (Å²) < 4.78 is 5.36. The number of thiophene rings is 1. The lowest BCUT2D eigenvalue weighted by Gasteiger charge is -2.15. The number of hydrogen-bond donors (Lipinski definition) is 2. The predicted molar refractivity (Wildman–Crippen MR) is 122 cm³/mol. The van der Waals surface area contributed by atoms with E-state index in [2.05, 4.69) is 16.7 Å². The smallest absolute Gasteiger partial charge is 0.341 e. The van der Waals surface area contributed by atoms with E-state index < -0.39 is 0 Å². The fraction of sp³-hybridized carbons (Fsp3) is 0.636. The summed E-state index contributed by atoms with van der Waals surface area (Å²) in [6.45, 7) is 3.07. The predicted octanol–water partition coefficient (Wildman–Crippen LogP) is 5.76. The van der Waals surface area contributed by atoms with Crippen molar-refractivity contribution < 1.29 is 9.53 Å². The number of carbonyl (C=O) groups excluding carboxylic acids is 1. The number of carbonyl (C=O) groups is 1. The highest BCUT2D eigenvalue weighted by Gasteiger charge is 2.25. The van der Waals surface area contributed by atoms with Crippen LogP contribution in [-0.2, 0) is 17.6 Å². The third kappa shape index (κ3) is 5.80. The Balaban J connectivity index is 1.67. The zero-order chi connectivity index (χ0) is 19.8. The fourth-order valence-corrected chi connectivity index (χ4v) is 5.59. The van der Waals surface area contributed by atoms with Gasteiger partial charge in [-0.3, -0.25) is 0 Å². The average Bonchev–Trinajstić information content (AvgIpc) is 2.99. The fourth-order valence-electron chi connectivity index (χ4n) is 4.04. The molecule has 2 aliphatic rings. The molecule has 0 radical (unpaired) electrons. The van der Waals surface area contributed by atoms with Crippen molar-refractivity contribution in [1.29, 1.82) is 0 Å². The van der Waals surface area contributed by atoms with Gasteiger partial charge in [-0.25, -0.2) is 4.79 Å². The van der Waals surface area contributed by atoms with Gasteiger partial charge in [0.1, 0.15) is 5.00 Å². The van der Waals surface area contributed by atoms with Crippen LogP contribution in [0.2, 0.25) is 0 Å². The summed E-state index contributed by atoms with van der Waals surface area (Å²) in [5, 5.41) is 8.06. The van der Waals surface area contributed by atoms with Crippen LogP contribution in [0.1, 0.15) is 85.5 Å². The number of ether oxygens (including phenoxy) is 1. The van der Waals surface area contributed by atoms with E-state index in [4.69, 9.17) is 17.0 Å². The van der Waals surface area contributed by atoms with Gasteiger partial charge < -0.3 is 15.4 Å². The van der Waals surface area contributed by atoms with Gasteiger partial charge in [0.2, 0.25) is 0 Å². The molecule has 1 heterocycles. The van der Waals surface area contributed by atoms with Crippen LogP contribution in [0.3, 0.4) is 0 Å². The number of rotatable bonds is 6. The van der Waals surface area contributed by atoms with Crippen LogP contribution in [0.25, 0.3) is 0 Å². The molecule has 1 aromatic heterocycles. The second-order valence-electron chi connectivity index (χ2n) is 7.58. The van der Waals surface area contributed by atoms with Gasteiger partial charge in [0.25, 0.3) is 0 Å². The first-order valence-electron chi connectivity index (χ1n) is 10.7. The molecule has 0 aliphatic heterocycles. The van der Waals surface area contributed by atoms with Gasteiger partial charge in [-0.2, -0.15) is 0 Å². The van der Waals surface area contributed by atoms with Gasteiger partial charge in [-0.15, -0.1) is 11.3 Å². The van der Waals surface area contributed by atoms with E-state index in [1.807, 2.05) is 6.92 Å². The molecule has 0 bridgehead atoms. The van der Waals surface area contributed by atoms with Crippen LogP contribution >= 0.6 is 23.6 Å². The van der Waals surface area contributed by atoms with Gasteiger partial charge in [-0.05, 0) is 82.5 Å². The number of nitrogens with one attached hydrogen (secondary N) is 2. The molecule has 0 atom stereocenters. The molecular weight excluding hydrogens is 388 g/mol. The third-order valence-electron chi connectivity index (χ3n) is 5.49. The Morgan fingerprint density at radius 2 is 1.93 bits per heavy atom. The lowest BCUT2D eigenvalue weighted by Crippen LogP contribution is -2.30. The molecule has 0 amide bonds. The largest absolute Gasteiger partial charge is 0.462 e. The summed E-state index contributed by atoms with van der Waals surface area (Å²) >= 11 is 7.20. The van der Waals surface area contributed by atoms with Crippen LogP contribution in [0.5, 0.6) is 0 Å². The van der Waals surface area contributed by atoms with E-state index >= 15 is 0 Å². The highest BCUT2D eigenvalue weighted by Crippen LogP contribution is 2.37. The van der Waals surface area contributed by atoms with E-state index in [1.54, 1.807) is 11.3 Å². The first-order valence-corrected chi connectivity index (χ1v) is 12.0. The summed E-state index contributed by atoms with van der Waals surface area (Å²) in [7, 11) is 0.